The monoisotopic (exact) mass is 332 g/mol. The maximum Gasteiger partial charge on any atom is 0.223 e. The second-order valence-electron chi connectivity index (χ2n) is 7.75. The fourth-order valence-corrected chi connectivity index (χ4v) is 3.84. The Morgan fingerprint density at radius 1 is 1.29 bits per heavy atom. The average Bonchev–Trinajstić information content (AvgIpc) is 2.62. The second-order valence-corrected chi connectivity index (χ2v) is 7.75. The summed E-state index contributed by atoms with van der Waals surface area (Å²) in [6, 6.07) is 0.188. The number of hydrogen-bond donors (Lipinski definition) is 1. The van der Waals surface area contributed by atoms with E-state index in [-0.39, 0.29) is 28.9 Å². The van der Waals surface area contributed by atoms with Gasteiger partial charge in [0.2, 0.25) is 5.91 Å². The van der Waals surface area contributed by atoms with E-state index in [1.165, 1.54) is 0 Å². The molecule has 2 heterocycles. The van der Waals surface area contributed by atoms with Crippen molar-refractivity contribution in [1.29, 1.82) is 0 Å². The molecule has 24 heavy (non-hydrogen) atoms. The van der Waals surface area contributed by atoms with Crippen LogP contribution in [0.2, 0.25) is 0 Å². The van der Waals surface area contributed by atoms with Crippen molar-refractivity contribution < 1.29 is 9.53 Å². The van der Waals surface area contributed by atoms with Crippen molar-refractivity contribution >= 4 is 11.7 Å². The minimum absolute atomic E-state index is 0.0439. The van der Waals surface area contributed by atoms with Crippen LogP contribution in [0.1, 0.15) is 40.0 Å². The number of aromatic nitrogens is 2. The van der Waals surface area contributed by atoms with Gasteiger partial charge < -0.3 is 15.0 Å². The van der Waals surface area contributed by atoms with Gasteiger partial charge in [0.15, 0.2) is 0 Å². The molecule has 1 saturated heterocycles. The zero-order valence-electron chi connectivity index (χ0n) is 15.1. The molecule has 0 aromatic carbocycles. The first kappa shape index (κ1) is 17.1. The summed E-state index contributed by atoms with van der Waals surface area (Å²) in [5, 5.41) is 3.26. The SMILES string of the molecule is CO[C@]1(C)C[C@H](NC(=O)C2CCN(c3cnccn3)CC2)C1(C)C. The van der Waals surface area contributed by atoms with Crippen LogP contribution >= 0.6 is 0 Å². The largest absolute Gasteiger partial charge is 0.378 e. The van der Waals surface area contributed by atoms with E-state index in [4.69, 9.17) is 4.74 Å². The minimum Gasteiger partial charge on any atom is -0.378 e. The predicted molar refractivity (Wildman–Crippen MR) is 92.7 cm³/mol. The Kier molecular flexibility index (Phi) is 4.51. The van der Waals surface area contributed by atoms with Gasteiger partial charge in [-0.1, -0.05) is 13.8 Å². The summed E-state index contributed by atoms with van der Waals surface area (Å²) < 4.78 is 5.64. The zero-order chi connectivity index (χ0) is 17.4. The van der Waals surface area contributed by atoms with Gasteiger partial charge in [-0.3, -0.25) is 9.78 Å². The van der Waals surface area contributed by atoms with E-state index in [1.807, 2.05) is 0 Å². The highest BCUT2D eigenvalue weighted by atomic mass is 16.5. The molecule has 1 saturated carbocycles. The van der Waals surface area contributed by atoms with Gasteiger partial charge in [-0.2, -0.15) is 0 Å². The number of rotatable bonds is 4. The van der Waals surface area contributed by atoms with Crippen LogP contribution in [0.4, 0.5) is 5.82 Å². The lowest BCUT2D eigenvalue weighted by molar-refractivity contribution is -0.183. The van der Waals surface area contributed by atoms with Crippen LogP contribution in [0.3, 0.4) is 0 Å². The average molecular weight is 332 g/mol. The number of hydrogen-bond acceptors (Lipinski definition) is 5. The molecule has 1 aliphatic heterocycles. The zero-order valence-corrected chi connectivity index (χ0v) is 15.1. The van der Waals surface area contributed by atoms with Gasteiger partial charge in [-0.15, -0.1) is 0 Å². The summed E-state index contributed by atoms with van der Waals surface area (Å²) in [5.41, 5.74) is -0.196. The van der Waals surface area contributed by atoms with E-state index >= 15 is 0 Å². The summed E-state index contributed by atoms with van der Waals surface area (Å²) in [6.45, 7) is 8.15. The molecule has 2 aliphatic rings. The first-order chi connectivity index (χ1) is 11.4. The highest BCUT2D eigenvalue weighted by Crippen LogP contribution is 2.51. The molecule has 0 radical (unpaired) electrons. The third-order valence-electron chi connectivity index (χ3n) is 6.33. The summed E-state index contributed by atoms with van der Waals surface area (Å²) in [4.78, 5) is 23.3. The number of nitrogens with one attached hydrogen (secondary N) is 1. The van der Waals surface area contributed by atoms with Gasteiger partial charge in [-0.05, 0) is 26.2 Å². The van der Waals surface area contributed by atoms with Crippen LogP contribution < -0.4 is 10.2 Å². The topological polar surface area (TPSA) is 67.3 Å². The van der Waals surface area contributed by atoms with Crippen molar-refractivity contribution in [1.82, 2.24) is 15.3 Å². The van der Waals surface area contributed by atoms with Gasteiger partial charge >= 0.3 is 0 Å². The summed E-state index contributed by atoms with van der Waals surface area (Å²) in [6.07, 6.45) is 7.76. The Labute approximate surface area is 144 Å². The first-order valence-corrected chi connectivity index (χ1v) is 8.74. The van der Waals surface area contributed by atoms with Gasteiger partial charge in [0.1, 0.15) is 5.82 Å². The van der Waals surface area contributed by atoms with Gasteiger partial charge in [0.05, 0.1) is 11.8 Å². The highest BCUT2D eigenvalue weighted by molar-refractivity contribution is 5.79. The second kappa shape index (κ2) is 6.31. The number of nitrogens with zero attached hydrogens (tertiary/aromatic N) is 3. The van der Waals surface area contributed by atoms with E-state index < -0.39 is 0 Å². The third-order valence-corrected chi connectivity index (χ3v) is 6.33. The fraction of sp³-hybridized carbons (Fsp3) is 0.722. The lowest BCUT2D eigenvalue weighted by Gasteiger charge is -2.59. The molecule has 2 atom stereocenters. The number of anilines is 1. The summed E-state index contributed by atoms with van der Waals surface area (Å²) in [7, 11) is 1.75. The van der Waals surface area contributed by atoms with Crippen molar-refractivity contribution in [3.05, 3.63) is 18.6 Å². The molecular weight excluding hydrogens is 304 g/mol. The van der Waals surface area contributed by atoms with Crippen molar-refractivity contribution in [2.45, 2.75) is 51.7 Å². The van der Waals surface area contributed by atoms with E-state index in [2.05, 4.69) is 41.0 Å². The fourth-order valence-electron chi connectivity index (χ4n) is 3.84. The Morgan fingerprint density at radius 2 is 2.00 bits per heavy atom. The summed E-state index contributed by atoms with van der Waals surface area (Å²) >= 11 is 0. The van der Waals surface area contributed by atoms with E-state index in [9.17, 15) is 4.79 Å². The molecule has 1 N–H and O–H groups in total. The number of piperidine rings is 1. The molecule has 0 unspecified atom stereocenters. The molecule has 1 amide bonds. The van der Waals surface area contributed by atoms with E-state index in [0.29, 0.717) is 0 Å². The van der Waals surface area contributed by atoms with Crippen molar-refractivity contribution in [2.75, 3.05) is 25.1 Å². The maximum atomic E-state index is 12.6. The van der Waals surface area contributed by atoms with Crippen molar-refractivity contribution in [2.24, 2.45) is 11.3 Å². The standard InChI is InChI=1S/C18H28N4O2/c1-17(2)14(11-18(17,3)24-4)21-16(23)13-5-9-22(10-6-13)15-12-19-7-8-20-15/h7-8,12-14H,5-6,9-11H2,1-4H3,(H,21,23)/t14-,18+/m0/s1. The molecule has 6 heteroatoms. The summed E-state index contributed by atoms with van der Waals surface area (Å²) in [5.74, 6) is 1.17. The molecule has 0 bridgehead atoms. The number of methoxy groups -OCH3 is 1. The van der Waals surface area contributed by atoms with Crippen molar-refractivity contribution in [3.63, 3.8) is 0 Å². The van der Waals surface area contributed by atoms with Crippen LogP contribution in [0, 0.1) is 11.3 Å². The van der Waals surface area contributed by atoms with Crippen molar-refractivity contribution in [3.8, 4) is 0 Å². The highest BCUT2D eigenvalue weighted by Gasteiger charge is 2.58. The Bertz CT molecular complexity index is 584. The number of carbonyl (C=O) groups is 1. The van der Waals surface area contributed by atoms with Gasteiger partial charge in [0, 0.05) is 50.0 Å². The lowest BCUT2D eigenvalue weighted by atomic mass is 9.55. The van der Waals surface area contributed by atoms with E-state index in [1.54, 1.807) is 25.7 Å². The predicted octanol–water partition coefficient (Wildman–Crippen LogP) is 2.01. The lowest BCUT2D eigenvalue weighted by Crippen LogP contribution is -2.69. The third kappa shape index (κ3) is 2.88. The molecule has 0 spiro atoms. The maximum absolute atomic E-state index is 12.6. The number of ether oxygens (including phenoxy) is 1. The Morgan fingerprint density at radius 3 is 2.54 bits per heavy atom. The minimum atomic E-state index is -0.152. The molecule has 3 rings (SSSR count). The number of amides is 1. The van der Waals surface area contributed by atoms with Crippen LogP contribution in [0.25, 0.3) is 0 Å². The van der Waals surface area contributed by atoms with Crippen LogP contribution in [0.5, 0.6) is 0 Å². The van der Waals surface area contributed by atoms with Gasteiger partial charge in [0.25, 0.3) is 0 Å². The smallest absolute Gasteiger partial charge is 0.223 e. The quantitative estimate of drug-likeness (QED) is 0.913. The normalized spacial score (nSPS) is 29.8. The first-order valence-electron chi connectivity index (χ1n) is 8.74. The molecule has 2 fully saturated rings. The van der Waals surface area contributed by atoms with Crippen LogP contribution in [-0.2, 0) is 9.53 Å². The van der Waals surface area contributed by atoms with Crippen LogP contribution in [-0.4, -0.2) is 47.7 Å². The van der Waals surface area contributed by atoms with Crippen LogP contribution in [0.15, 0.2) is 18.6 Å². The molecule has 1 aliphatic carbocycles. The Balaban J connectivity index is 1.52. The molecule has 1 aromatic rings. The van der Waals surface area contributed by atoms with E-state index in [0.717, 1.165) is 38.2 Å². The molecule has 6 nitrogen and oxygen atoms in total. The Hall–Kier alpha value is -1.69. The van der Waals surface area contributed by atoms with Gasteiger partial charge in [-0.25, -0.2) is 4.98 Å². The molecule has 1 aromatic heterocycles. The number of carbonyl (C=O) groups excluding carboxylic acids is 1. The molecule has 132 valence electrons. The molecular formula is C18H28N4O2.